The van der Waals surface area contributed by atoms with Crippen LogP contribution in [0.3, 0.4) is 0 Å². The molecule has 5 heteroatoms. The Bertz CT molecular complexity index is 716. The molecule has 0 spiro atoms. The highest BCUT2D eigenvalue weighted by molar-refractivity contribution is 5.33. The van der Waals surface area contributed by atoms with Crippen molar-refractivity contribution in [3.05, 3.63) is 41.2 Å². The van der Waals surface area contributed by atoms with E-state index in [1.54, 1.807) is 19.1 Å². The van der Waals surface area contributed by atoms with Crippen molar-refractivity contribution in [2.24, 2.45) is 17.8 Å². The fraction of sp³-hybridized carbons (Fsp3) is 0.692. The minimum absolute atomic E-state index is 0.00207. The summed E-state index contributed by atoms with van der Waals surface area (Å²) in [6, 6.07) is 3.26. The summed E-state index contributed by atoms with van der Waals surface area (Å²) in [7, 11) is 0. The van der Waals surface area contributed by atoms with Gasteiger partial charge in [0.2, 0.25) is 5.82 Å². The first-order valence-electron chi connectivity index (χ1n) is 12.0. The third kappa shape index (κ3) is 6.49. The zero-order chi connectivity index (χ0) is 22.2. The third-order valence-electron chi connectivity index (χ3n) is 7.46. The monoisotopic (exact) mass is 440 g/mol. The van der Waals surface area contributed by atoms with Crippen LogP contribution in [0.1, 0.15) is 89.0 Å². The Labute approximate surface area is 184 Å². The highest BCUT2D eigenvalue weighted by Crippen LogP contribution is 2.45. The van der Waals surface area contributed by atoms with E-state index in [0.717, 1.165) is 44.4 Å². The van der Waals surface area contributed by atoms with E-state index in [0.29, 0.717) is 30.4 Å². The number of halogens is 4. The molecule has 2 aliphatic rings. The molecule has 0 unspecified atom stereocenters. The van der Waals surface area contributed by atoms with Crippen molar-refractivity contribution < 1.29 is 22.3 Å². The standard InChI is InChI=1S/C26H36F4O/c1-2-31-24-16-15-23(25(29)26(24)30)21-13-11-20(12-14-21)19-9-7-18(8-10-19)5-3-4-6-22(28)17-27/h6,15-16,18-21H,2-5,7-14,17H2,1H3. The predicted octanol–water partition coefficient (Wildman–Crippen LogP) is 8.44. The van der Waals surface area contributed by atoms with E-state index in [2.05, 4.69) is 0 Å². The summed E-state index contributed by atoms with van der Waals surface area (Å²) in [4.78, 5) is 0. The molecule has 1 aromatic carbocycles. The lowest BCUT2D eigenvalue weighted by molar-refractivity contribution is 0.155. The van der Waals surface area contributed by atoms with E-state index >= 15 is 0 Å². The highest BCUT2D eigenvalue weighted by atomic mass is 19.2. The molecular formula is C26H36F4O. The third-order valence-corrected chi connectivity index (χ3v) is 7.46. The van der Waals surface area contributed by atoms with Gasteiger partial charge < -0.3 is 4.74 Å². The first-order chi connectivity index (χ1) is 15.0. The molecule has 2 saturated carbocycles. The van der Waals surface area contributed by atoms with Crippen molar-refractivity contribution in [1.82, 2.24) is 0 Å². The summed E-state index contributed by atoms with van der Waals surface area (Å²) < 4.78 is 58.9. The van der Waals surface area contributed by atoms with Crippen molar-refractivity contribution in [2.75, 3.05) is 13.3 Å². The van der Waals surface area contributed by atoms with Gasteiger partial charge in [0.15, 0.2) is 11.6 Å². The van der Waals surface area contributed by atoms with Gasteiger partial charge in [-0.15, -0.1) is 0 Å². The zero-order valence-corrected chi connectivity index (χ0v) is 18.7. The summed E-state index contributed by atoms with van der Waals surface area (Å²) in [6.07, 6.45) is 13.0. The van der Waals surface area contributed by atoms with Crippen LogP contribution in [0.2, 0.25) is 0 Å². The Morgan fingerprint density at radius 1 is 0.968 bits per heavy atom. The minimum Gasteiger partial charge on any atom is -0.491 e. The smallest absolute Gasteiger partial charge is 0.200 e. The van der Waals surface area contributed by atoms with Crippen LogP contribution >= 0.6 is 0 Å². The average molecular weight is 441 g/mol. The Morgan fingerprint density at radius 3 is 2.23 bits per heavy atom. The van der Waals surface area contributed by atoms with E-state index < -0.39 is 24.1 Å². The molecule has 0 bridgehead atoms. The number of benzene rings is 1. The molecule has 0 amide bonds. The van der Waals surface area contributed by atoms with Gasteiger partial charge in [0, 0.05) is 0 Å². The van der Waals surface area contributed by atoms with Gasteiger partial charge in [-0.3, -0.25) is 0 Å². The fourth-order valence-electron chi connectivity index (χ4n) is 5.70. The predicted molar refractivity (Wildman–Crippen MR) is 117 cm³/mol. The van der Waals surface area contributed by atoms with Crippen molar-refractivity contribution in [1.29, 1.82) is 0 Å². The summed E-state index contributed by atoms with van der Waals surface area (Å²) in [5, 5.41) is 0. The van der Waals surface area contributed by atoms with Gasteiger partial charge in [0.1, 0.15) is 12.5 Å². The Kier molecular flexibility index (Phi) is 9.28. The first-order valence-corrected chi connectivity index (χ1v) is 12.0. The second-order valence-electron chi connectivity index (χ2n) is 9.32. The maximum Gasteiger partial charge on any atom is 0.200 e. The van der Waals surface area contributed by atoms with Gasteiger partial charge >= 0.3 is 0 Å². The second kappa shape index (κ2) is 11.9. The van der Waals surface area contributed by atoms with E-state index in [1.807, 2.05) is 0 Å². The molecule has 0 radical (unpaired) electrons. The number of ether oxygens (including phenoxy) is 1. The van der Waals surface area contributed by atoms with Crippen molar-refractivity contribution in [3.63, 3.8) is 0 Å². The SMILES string of the molecule is CCOc1ccc(C2CCC(C3CCC(CCCC=C(F)CF)CC3)CC2)c(F)c1F. The van der Waals surface area contributed by atoms with Crippen LogP contribution in [-0.4, -0.2) is 13.3 Å². The van der Waals surface area contributed by atoms with Crippen LogP contribution in [-0.2, 0) is 0 Å². The van der Waals surface area contributed by atoms with E-state index in [-0.39, 0.29) is 11.7 Å². The molecule has 0 saturated heterocycles. The molecule has 31 heavy (non-hydrogen) atoms. The van der Waals surface area contributed by atoms with Gasteiger partial charge in [-0.2, -0.15) is 4.39 Å². The van der Waals surface area contributed by atoms with Gasteiger partial charge in [0.25, 0.3) is 0 Å². The number of hydrogen-bond acceptors (Lipinski definition) is 1. The molecule has 0 atom stereocenters. The minimum atomic E-state index is -0.993. The molecule has 2 aliphatic carbocycles. The molecule has 0 heterocycles. The molecule has 2 fully saturated rings. The second-order valence-corrected chi connectivity index (χ2v) is 9.32. The molecule has 0 aromatic heterocycles. The number of hydrogen-bond donors (Lipinski definition) is 0. The van der Waals surface area contributed by atoms with Crippen molar-refractivity contribution in [3.8, 4) is 5.75 Å². The molecule has 174 valence electrons. The number of unbranched alkanes of at least 4 members (excludes halogenated alkanes) is 1. The van der Waals surface area contributed by atoms with Gasteiger partial charge in [-0.25, -0.2) is 13.2 Å². The van der Waals surface area contributed by atoms with Crippen LogP contribution in [0, 0.1) is 29.4 Å². The van der Waals surface area contributed by atoms with E-state index in [1.165, 1.54) is 31.8 Å². The lowest BCUT2D eigenvalue weighted by Crippen LogP contribution is -2.25. The van der Waals surface area contributed by atoms with Gasteiger partial charge in [-0.05, 0) is 93.6 Å². The average Bonchev–Trinajstić information content (AvgIpc) is 2.80. The normalized spacial score (nSPS) is 27.3. The van der Waals surface area contributed by atoms with Crippen LogP contribution in [0.4, 0.5) is 17.6 Å². The Morgan fingerprint density at radius 2 is 1.61 bits per heavy atom. The maximum absolute atomic E-state index is 14.6. The molecule has 0 aliphatic heterocycles. The highest BCUT2D eigenvalue weighted by Gasteiger charge is 2.32. The van der Waals surface area contributed by atoms with Crippen LogP contribution in [0.25, 0.3) is 0 Å². The first kappa shape index (κ1) is 24.1. The number of allylic oxidation sites excluding steroid dienone is 2. The lowest BCUT2D eigenvalue weighted by Gasteiger charge is -2.38. The van der Waals surface area contributed by atoms with Gasteiger partial charge in [-0.1, -0.05) is 31.4 Å². The van der Waals surface area contributed by atoms with Crippen molar-refractivity contribution >= 4 is 0 Å². The molecule has 1 nitrogen and oxygen atoms in total. The summed E-state index contributed by atoms with van der Waals surface area (Å²) >= 11 is 0. The summed E-state index contributed by atoms with van der Waals surface area (Å²) in [6.45, 7) is 1.08. The van der Waals surface area contributed by atoms with Crippen LogP contribution < -0.4 is 4.74 Å². The largest absolute Gasteiger partial charge is 0.491 e. The zero-order valence-electron chi connectivity index (χ0n) is 18.7. The lowest BCUT2D eigenvalue weighted by atomic mass is 9.68. The Hall–Kier alpha value is -1.52. The topological polar surface area (TPSA) is 9.23 Å². The van der Waals surface area contributed by atoms with Crippen LogP contribution in [0.15, 0.2) is 24.0 Å². The van der Waals surface area contributed by atoms with E-state index in [4.69, 9.17) is 4.74 Å². The molecule has 3 rings (SSSR count). The van der Waals surface area contributed by atoms with E-state index in [9.17, 15) is 17.6 Å². The Balaban J connectivity index is 1.42. The summed E-state index contributed by atoms with van der Waals surface area (Å²) in [5.41, 5.74) is 0.501. The fourth-order valence-corrected chi connectivity index (χ4v) is 5.70. The number of rotatable bonds is 9. The maximum atomic E-state index is 14.6. The number of alkyl halides is 1. The molecular weight excluding hydrogens is 404 g/mol. The van der Waals surface area contributed by atoms with Crippen LogP contribution in [0.5, 0.6) is 5.75 Å². The quantitative estimate of drug-likeness (QED) is 0.276. The molecule has 0 N–H and O–H groups in total. The van der Waals surface area contributed by atoms with Crippen molar-refractivity contribution in [2.45, 2.75) is 83.5 Å². The van der Waals surface area contributed by atoms with Gasteiger partial charge in [0.05, 0.1) is 6.61 Å². The summed E-state index contributed by atoms with van der Waals surface area (Å²) in [5.74, 6) is -0.0212. The molecule has 1 aromatic rings.